The van der Waals surface area contributed by atoms with Crippen LogP contribution in [0.4, 0.5) is 0 Å². The lowest BCUT2D eigenvalue weighted by Crippen LogP contribution is -2.15. The fourth-order valence-electron chi connectivity index (χ4n) is 0.301. The summed E-state index contributed by atoms with van der Waals surface area (Å²) in [6, 6.07) is 0. The van der Waals surface area contributed by atoms with Crippen LogP contribution in [0.25, 0.3) is 0 Å². The fraction of sp³-hybridized carbons (Fsp3) is 1.00. The molecule has 0 radical (unpaired) electrons. The van der Waals surface area contributed by atoms with Gasteiger partial charge in [0.15, 0.2) is 0 Å². The van der Waals surface area contributed by atoms with Crippen molar-refractivity contribution in [3.05, 3.63) is 0 Å². The highest BCUT2D eigenvalue weighted by atomic mass is 31.3. The van der Waals surface area contributed by atoms with Gasteiger partial charge >= 0.3 is 0 Å². The summed E-state index contributed by atoms with van der Waals surface area (Å²) in [4.78, 5) is 21.2. The number of rotatable bonds is 3. The zero-order chi connectivity index (χ0) is 9.28. The van der Waals surface area contributed by atoms with Crippen molar-refractivity contribution >= 4 is 15.2 Å². The summed E-state index contributed by atoms with van der Waals surface area (Å²) < 4.78 is 25.1. The van der Waals surface area contributed by atoms with Crippen molar-refractivity contribution in [2.75, 3.05) is 6.66 Å². The molecule has 0 heterocycles. The average molecular weight is 200 g/mol. The second-order valence-corrected chi connectivity index (χ2v) is 6.79. The van der Waals surface area contributed by atoms with Crippen LogP contribution >= 0.6 is 15.2 Å². The monoisotopic (exact) mass is 200 g/mol. The molecule has 2 atom stereocenters. The Kier molecular flexibility index (Phi) is 3.48. The first-order valence-electron chi connectivity index (χ1n) is 2.96. The van der Waals surface area contributed by atoms with Crippen LogP contribution in [0.3, 0.4) is 0 Å². The van der Waals surface area contributed by atoms with Crippen molar-refractivity contribution in [2.24, 2.45) is 0 Å². The van der Waals surface area contributed by atoms with Crippen LogP contribution in [-0.4, -0.2) is 12.3 Å². The van der Waals surface area contributed by atoms with Gasteiger partial charge in [0, 0.05) is 12.3 Å². The van der Waals surface area contributed by atoms with Gasteiger partial charge in [-0.1, -0.05) is 13.8 Å². The van der Waals surface area contributed by atoms with Crippen LogP contribution in [0.1, 0.15) is 13.8 Å². The molecule has 11 heavy (non-hydrogen) atoms. The zero-order valence-electron chi connectivity index (χ0n) is 6.51. The molecule has 0 amide bonds. The molecule has 5 nitrogen and oxygen atoms in total. The van der Waals surface area contributed by atoms with Crippen molar-refractivity contribution in [3.63, 3.8) is 0 Å². The Morgan fingerprint density at radius 3 is 1.73 bits per heavy atom. The van der Waals surface area contributed by atoms with Crippen LogP contribution in [0, 0.1) is 0 Å². The van der Waals surface area contributed by atoms with Crippen LogP contribution in [0.5, 0.6) is 0 Å². The number of hydrogen-bond acceptors (Lipinski definition) is 5. The predicted molar refractivity (Wildman–Crippen MR) is 37.4 cm³/mol. The zero-order valence-corrected chi connectivity index (χ0v) is 8.30. The van der Waals surface area contributed by atoms with E-state index in [9.17, 15) is 18.9 Å². The van der Waals surface area contributed by atoms with Crippen molar-refractivity contribution in [2.45, 2.75) is 19.5 Å². The SMILES string of the molecule is CC(C)P(=O)([O-])OP(C)(=O)[O-]. The van der Waals surface area contributed by atoms with E-state index >= 15 is 0 Å². The third kappa shape index (κ3) is 4.72. The Morgan fingerprint density at radius 2 is 1.64 bits per heavy atom. The van der Waals surface area contributed by atoms with Crippen molar-refractivity contribution in [1.82, 2.24) is 0 Å². The summed E-state index contributed by atoms with van der Waals surface area (Å²) in [6.07, 6.45) is 0. The first kappa shape index (κ1) is 11.3. The maximum atomic E-state index is 10.8. The van der Waals surface area contributed by atoms with Gasteiger partial charge in [0.2, 0.25) is 0 Å². The molecule has 0 aromatic rings. The van der Waals surface area contributed by atoms with Crippen molar-refractivity contribution in [3.8, 4) is 0 Å². The van der Waals surface area contributed by atoms with E-state index in [1.165, 1.54) is 13.8 Å². The van der Waals surface area contributed by atoms with Gasteiger partial charge in [0.1, 0.15) is 15.2 Å². The van der Waals surface area contributed by atoms with Crippen LogP contribution in [0.2, 0.25) is 0 Å². The molecule has 0 fully saturated rings. The molecular weight excluding hydrogens is 190 g/mol. The average Bonchev–Trinajstić information content (AvgIpc) is 1.56. The summed E-state index contributed by atoms with van der Waals surface area (Å²) in [5.41, 5.74) is -0.815. The molecule has 0 bridgehead atoms. The highest BCUT2D eigenvalue weighted by Crippen LogP contribution is 2.54. The smallest absolute Gasteiger partial charge is 0.143 e. The topological polar surface area (TPSA) is 89.5 Å². The van der Waals surface area contributed by atoms with E-state index < -0.39 is 20.9 Å². The maximum absolute atomic E-state index is 10.8. The molecule has 0 spiro atoms. The van der Waals surface area contributed by atoms with Gasteiger partial charge in [0.05, 0.1) is 0 Å². The summed E-state index contributed by atoms with van der Waals surface area (Å²) in [5, 5.41) is 0. The lowest BCUT2D eigenvalue weighted by Gasteiger charge is -2.32. The molecule has 7 heteroatoms. The second-order valence-electron chi connectivity index (χ2n) is 2.49. The van der Waals surface area contributed by atoms with E-state index in [2.05, 4.69) is 4.31 Å². The van der Waals surface area contributed by atoms with Crippen molar-refractivity contribution in [1.29, 1.82) is 0 Å². The summed E-state index contributed by atoms with van der Waals surface area (Å²) >= 11 is 0. The third-order valence-corrected chi connectivity index (χ3v) is 4.26. The normalized spacial score (nSPS) is 22.7. The lowest BCUT2D eigenvalue weighted by atomic mass is 10.6. The molecule has 0 rings (SSSR count). The molecule has 68 valence electrons. The van der Waals surface area contributed by atoms with Gasteiger partial charge in [-0.05, 0) is 0 Å². The molecule has 2 unspecified atom stereocenters. The number of hydrogen-bond donors (Lipinski definition) is 0. The van der Waals surface area contributed by atoms with Crippen LogP contribution < -0.4 is 9.79 Å². The van der Waals surface area contributed by atoms with E-state index in [-0.39, 0.29) is 0 Å². The second kappa shape index (κ2) is 3.38. The largest absolute Gasteiger partial charge is 0.778 e. The Labute approximate surface area is 65.5 Å². The van der Waals surface area contributed by atoms with Gasteiger partial charge in [0.25, 0.3) is 0 Å². The first-order chi connectivity index (χ1) is 4.65. The third-order valence-electron chi connectivity index (χ3n) is 0.895. The predicted octanol–water partition coefficient (Wildman–Crippen LogP) is 0.148. The fourth-order valence-corrected chi connectivity index (χ4v) is 2.71. The van der Waals surface area contributed by atoms with Gasteiger partial charge in [-0.2, -0.15) is 0 Å². The first-order valence-corrected chi connectivity index (χ1v) is 6.56. The Bertz CT molecular complexity index is 217. The summed E-state index contributed by atoms with van der Waals surface area (Å²) in [5.74, 6) is 0. The molecule has 0 aliphatic heterocycles. The van der Waals surface area contributed by atoms with E-state index in [4.69, 9.17) is 0 Å². The van der Waals surface area contributed by atoms with E-state index in [1.807, 2.05) is 0 Å². The molecular formula is C4H10O5P2-2. The molecule has 0 saturated heterocycles. The Morgan fingerprint density at radius 1 is 1.27 bits per heavy atom. The van der Waals surface area contributed by atoms with Gasteiger partial charge in [-0.25, -0.2) is 0 Å². The molecule has 0 aromatic carbocycles. The summed E-state index contributed by atoms with van der Waals surface area (Å²) in [7, 11) is -8.38. The van der Waals surface area contributed by atoms with Gasteiger partial charge < -0.3 is 18.9 Å². The highest BCUT2D eigenvalue weighted by Gasteiger charge is 2.17. The van der Waals surface area contributed by atoms with Crippen LogP contribution in [-0.2, 0) is 13.4 Å². The van der Waals surface area contributed by atoms with E-state index in [0.717, 1.165) is 6.66 Å². The van der Waals surface area contributed by atoms with Gasteiger partial charge in [-0.15, -0.1) is 0 Å². The Hall–Kier alpha value is 0.340. The molecule has 0 saturated carbocycles. The van der Waals surface area contributed by atoms with Crippen LogP contribution in [0.15, 0.2) is 0 Å². The minimum Gasteiger partial charge on any atom is -0.778 e. The van der Waals surface area contributed by atoms with Gasteiger partial charge in [-0.3, -0.25) is 4.31 Å². The molecule has 0 aliphatic carbocycles. The maximum Gasteiger partial charge on any atom is 0.143 e. The molecule has 0 N–H and O–H groups in total. The van der Waals surface area contributed by atoms with E-state index in [0.29, 0.717) is 0 Å². The Balaban J connectivity index is 4.39. The van der Waals surface area contributed by atoms with Crippen molar-refractivity contribution < 1.29 is 23.2 Å². The van der Waals surface area contributed by atoms with E-state index in [1.54, 1.807) is 0 Å². The summed E-state index contributed by atoms with van der Waals surface area (Å²) in [6.45, 7) is 3.42. The quantitative estimate of drug-likeness (QED) is 0.604. The lowest BCUT2D eigenvalue weighted by molar-refractivity contribution is -0.213. The minimum absolute atomic E-state index is 0.722. The molecule has 0 aliphatic rings. The minimum atomic E-state index is -4.21. The highest BCUT2D eigenvalue weighted by molar-refractivity contribution is 7.64. The molecule has 0 aromatic heterocycles. The standard InChI is InChI=1S/C4H12O5P2/c1-4(2)11(7,8)9-10(3,5)6/h4H,1-3H3,(H,5,6)(H,7,8)/p-2.